The molecule has 0 heterocycles. The molecule has 0 amide bonds. The maximum absolute atomic E-state index is 10.2. The van der Waals surface area contributed by atoms with Gasteiger partial charge in [-0.15, -0.1) is 0 Å². The summed E-state index contributed by atoms with van der Waals surface area (Å²) in [5, 5.41) is 16.6. The Morgan fingerprint density at radius 2 is 1.91 bits per heavy atom. The van der Waals surface area contributed by atoms with Crippen molar-refractivity contribution in [3.63, 3.8) is 0 Å². The van der Waals surface area contributed by atoms with Crippen LogP contribution in [0.4, 0.5) is 0 Å². The van der Waals surface area contributed by atoms with Crippen LogP contribution in [0.1, 0.15) is 19.3 Å². The molecule has 0 spiro atoms. The molecular formula is C6H9IO4. The van der Waals surface area contributed by atoms with Crippen LogP contribution in [-0.4, -0.2) is 26.1 Å². The van der Waals surface area contributed by atoms with E-state index in [2.05, 4.69) is 0 Å². The zero-order valence-corrected chi connectivity index (χ0v) is 7.95. The third-order valence-electron chi connectivity index (χ3n) is 1.12. The molecule has 0 fully saturated rings. The summed E-state index contributed by atoms with van der Waals surface area (Å²) in [6.07, 6.45) is 0.893. The van der Waals surface area contributed by atoms with E-state index in [0.717, 1.165) is 0 Å². The van der Waals surface area contributed by atoms with E-state index in [1.807, 2.05) is 0 Å². The van der Waals surface area contributed by atoms with Gasteiger partial charge in [0.15, 0.2) is 0 Å². The van der Waals surface area contributed by atoms with Crippen molar-refractivity contribution in [2.75, 3.05) is 0 Å². The lowest BCUT2D eigenvalue weighted by Crippen LogP contribution is -2.12. The van der Waals surface area contributed by atoms with Crippen molar-refractivity contribution in [3.05, 3.63) is 0 Å². The molecule has 4 nitrogen and oxygen atoms in total. The fourth-order valence-electron chi connectivity index (χ4n) is 0.556. The van der Waals surface area contributed by atoms with Crippen LogP contribution in [-0.2, 0) is 9.59 Å². The van der Waals surface area contributed by atoms with E-state index < -0.39 is 15.9 Å². The van der Waals surface area contributed by atoms with E-state index in [1.54, 1.807) is 22.6 Å². The van der Waals surface area contributed by atoms with Crippen LogP contribution in [0.25, 0.3) is 0 Å². The van der Waals surface area contributed by atoms with Crippen molar-refractivity contribution in [2.24, 2.45) is 0 Å². The quantitative estimate of drug-likeness (QED) is 0.581. The minimum absolute atomic E-state index is 0.0484. The molecule has 2 N–H and O–H groups in total. The van der Waals surface area contributed by atoms with Gasteiger partial charge >= 0.3 is 11.9 Å². The van der Waals surface area contributed by atoms with E-state index in [-0.39, 0.29) is 6.42 Å². The molecule has 0 aromatic carbocycles. The van der Waals surface area contributed by atoms with Gasteiger partial charge in [0.25, 0.3) is 0 Å². The highest BCUT2D eigenvalue weighted by Crippen LogP contribution is 2.10. The Labute approximate surface area is 77.7 Å². The SMILES string of the molecule is O=C(O)CCCC(I)C(=O)O. The molecule has 0 aliphatic carbocycles. The predicted octanol–water partition coefficient (Wildman–Crippen LogP) is 1.13. The molecule has 0 aliphatic rings. The summed E-state index contributed by atoms with van der Waals surface area (Å²) in [4.78, 5) is 20.2. The third kappa shape index (κ3) is 6.08. The number of rotatable bonds is 5. The summed E-state index contributed by atoms with van der Waals surface area (Å²) >= 11 is 1.79. The monoisotopic (exact) mass is 272 g/mol. The van der Waals surface area contributed by atoms with E-state index in [9.17, 15) is 9.59 Å². The second kappa shape index (κ2) is 5.34. The van der Waals surface area contributed by atoms with Crippen LogP contribution in [0.2, 0.25) is 0 Å². The molecule has 0 saturated carbocycles. The van der Waals surface area contributed by atoms with Crippen LogP contribution in [0.15, 0.2) is 0 Å². The summed E-state index contributed by atoms with van der Waals surface area (Å²) in [7, 11) is 0. The maximum atomic E-state index is 10.2. The fourth-order valence-corrected chi connectivity index (χ4v) is 0.996. The third-order valence-corrected chi connectivity index (χ3v) is 2.27. The Bertz CT molecular complexity index is 157. The van der Waals surface area contributed by atoms with Gasteiger partial charge in [-0.05, 0) is 12.8 Å². The zero-order valence-electron chi connectivity index (χ0n) is 5.79. The minimum Gasteiger partial charge on any atom is -0.481 e. The van der Waals surface area contributed by atoms with E-state index in [1.165, 1.54) is 0 Å². The van der Waals surface area contributed by atoms with Gasteiger partial charge in [-0.3, -0.25) is 9.59 Å². The number of carbonyl (C=O) groups is 2. The van der Waals surface area contributed by atoms with Crippen molar-refractivity contribution in [1.82, 2.24) is 0 Å². The fraction of sp³-hybridized carbons (Fsp3) is 0.667. The lowest BCUT2D eigenvalue weighted by molar-refractivity contribution is -0.138. The average molecular weight is 272 g/mol. The van der Waals surface area contributed by atoms with Crippen molar-refractivity contribution in [3.8, 4) is 0 Å². The zero-order chi connectivity index (χ0) is 8.85. The highest BCUT2D eigenvalue weighted by atomic mass is 127. The molecule has 64 valence electrons. The van der Waals surface area contributed by atoms with Crippen LogP contribution in [0, 0.1) is 0 Å². The van der Waals surface area contributed by atoms with Gasteiger partial charge < -0.3 is 10.2 Å². The Hall–Kier alpha value is -0.330. The number of alkyl halides is 1. The van der Waals surface area contributed by atoms with E-state index >= 15 is 0 Å². The Morgan fingerprint density at radius 1 is 1.36 bits per heavy atom. The van der Waals surface area contributed by atoms with Gasteiger partial charge in [-0.2, -0.15) is 0 Å². The van der Waals surface area contributed by atoms with Gasteiger partial charge in [-0.25, -0.2) is 0 Å². The number of carboxylic acid groups (broad SMARTS) is 2. The molecule has 1 unspecified atom stereocenters. The van der Waals surface area contributed by atoms with Crippen LogP contribution >= 0.6 is 22.6 Å². The number of hydrogen-bond donors (Lipinski definition) is 2. The second-order valence-corrected chi connectivity index (χ2v) is 3.60. The molecule has 0 bridgehead atoms. The molecule has 0 radical (unpaired) electrons. The van der Waals surface area contributed by atoms with Gasteiger partial charge in [0.2, 0.25) is 0 Å². The first-order valence-electron chi connectivity index (χ1n) is 3.12. The maximum Gasteiger partial charge on any atom is 0.316 e. The lowest BCUT2D eigenvalue weighted by Gasteiger charge is -2.00. The largest absolute Gasteiger partial charge is 0.481 e. The first kappa shape index (κ1) is 10.7. The highest BCUT2D eigenvalue weighted by Gasteiger charge is 2.12. The first-order valence-corrected chi connectivity index (χ1v) is 4.37. The normalized spacial score (nSPS) is 12.5. The number of aliphatic carboxylic acids is 2. The molecule has 0 aromatic rings. The molecule has 11 heavy (non-hydrogen) atoms. The summed E-state index contributed by atoms with van der Waals surface area (Å²) < 4.78 is -0.466. The summed E-state index contributed by atoms with van der Waals surface area (Å²) in [5.74, 6) is -1.75. The van der Waals surface area contributed by atoms with Crippen molar-refractivity contribution in [2.45, 2.75) is 23.2 Å². The Morgan fingerprint density at radius 3 is 2.27 bits per heavy atom. The number of halogens is 1. The molecule has 0 aromatic heterocycles. The topological polar surface area (TPSA) is 74.6 Å². The predicted molar refractivity (Wildman–Crippen MR) is 46.9 cm³/mol. The Kier molecular flexibility index (Phi) is 5.18. The molecule has 0 saturated heterocycles. The van der Waals surface area contributed by atoms with E-state index in [0.29, 0.717) is 12.8 Å². The van der Waals surface area contributed by atoms with E-state index in [4.69, 9.17) is 10.2 Å². The van der Waals surface area contributed by atoms with Crippen molar-refractivity contribution in [1.29, 1.82) is 0 Å². The Balaban J connectivity index is 3.39. The smallest absolute Gasteiger partial charge is 0.316 e. The van der Waals surface area contributed by atoms with Gasteiger partial charge in [0.05, 0.1) is 0 Å². The first-order chi connectivity index (χ1) is 5.04. The molecule has 1 atom stereocenters. The summed E-state index contributed by atoms with van der Waals surface area (Å²) in [6.45, 7) is 0. The number of hydrogen-bond acceptors (Lipinski definition) is 2. The van der Waals surface area contributed by atoms with Gasteiger partial charge in [0.1, 0.15) is 3.92 Å². The van der Waals surface area contributed by atoms with Crippen LogP contribution < -0.4 is 0 Å². The highest BCUT2D eigenvalue weighted by molar-refractivity contribution is 14.1. The molecular weight excluding hydrogens is 263 g/mol. The average Bonchev–Trinajstić information content (AvgIpc) is 1.86. The van der Waals surface area contributed by atoms with Crippen LogP contribution in [0.3, 0.4) is 0 Å². The molecule has 0 aliphatic heterocycles. The summed E-state index contributed by atoms with van der Waals surface area (Å²) in [5.41, 5.74) is 0. The van der Waals surface area contributed by atoms with Crippen molar-refractivity contribution < 1.29 is 19.8 Å². The van der Waals surface area contributed by atoms with Crippen LogP contribution in [0.5, 0.6) is 0 Å². The lowest BCUT2D eigenvalue weighted by atomic mass is 10.2. The second-order valence-electron chi connectivity index (χ2n) is 2.09. The summed E-state index contributed by atoms with van der Waals surface area (Å²) in [6, 6.07) is 0. The molecule has 0 rings (SSSR count). The molecule has 5 heteroatoms. The van der Waals surface area contributed by atoms with Gasteiger partial charge in [-0.1, -0.05) is 22.6 Å². The van der Waals surface area contributed by atoms with Gasteiger partial charge in [0, 0.05) is 6.42 Å². The minimum atomic E-state index is -0.879. The van der Waals surface area contributed by atoms with Crippen molar-refractivity contribution >= 4 is 34.5 Å². The standard InChI is InChI=1S/C6H9IO4/c7-4(6(10)11)2-1-3-5(8)9/h4H,1-3H2,(H,8,9)(H,10,11). The number of carboxylic acids is 2.